The molecule has 0 aliphatic carbocycles. The maximum Gasteiger partial charge on any atom is 0.0802 e. The Morgan fingerprint density at radius 3 is 2.60 bits per heavy atom. The van der Waals surface area contributed by atoms with Crippen molar-refractivity contribution in [2.75, 3.05) is 20.3 Å². The molecule has 10 heavy (non-hydrogen) atoms. The Morgan fingerprint density at radius 2 is 2.20 bits per heavy atom. The van der Waals surface area contributed by atoms with Crippen LogP contribution in [0, 0.1) is 6.42 Å². The third kappa shape index (κ3) is 4.77. The minimum absolute atomic E-state index is 0.264. The molecule has 1 radical (unpaired) electrons. The fourth-order valence-electron chi connectivity index (χ4n) is 0.670. The Hall–Kier alpha value is -0.0800. The van der Waals surface area contributed by atoms with Crippen LogP contribution in [0.2, 0.25) is 0 Å². The van der Waals surface area contributed by atoms with Gasteiger partial charge < -0.3 is 9.47 Å². The Bertz CT molecular complexity index is 60.3. The molecule has 2 heteroatoms. The summed E-state index contributed by atoms with van der Waals surface area (Å²) in [5, 5.41) is 0. The van der Waals surface area contributed by atoms with Gasteiger partial charge in [-0.3, -0.25) is 0 Å². The monoisotopic (exact) mass is 145 g/mol. The van der Waals surface area contributed by atoms with Gasteiger partial charge in [-0.1, -0.05) is 13.8 Å². The zero-order valence-electron chi connectivity index (χ0n) is 7.09. The van der Waals surface area contributed by atoms with Crippen LogP contribution in [0.3, 0.4) is 0 Å². The first-order valence-corrected chi connectivity index (χ1v) is 3.73. The van der Waals surface area contributed by atoms with Gasteiger partial charge in [0.1, 0.15) is 0 Å². The van der Waals surface area contributed by atoms with E-state index in [4.69, 9.17) is 9.47 Å². The normalized spacial score (nSPS) is 13.5. The second-order valence-electron chi connectivity index (χ2n) is 2.21. The average Bonchev–Trinajstić information content (AvgIpc) is 1.99. The fraction of sp³-hybridized carbons (Fsp3) is 0.875. The summed E-state index contributed by atoms with van der Waals surface area (Å²) >= 11 is 0. The summed E-state index contributed by atoms with van der Waals surface area (Å²) in [4.78, 5) is 0. The first kappa shape index (κ1) is 9.92. The van der Waals surface area contributed by atoms with E-state index in [2.05, 4.69) is 6.92 Å². The second-order valence-corrected chi connectivity index (χ2v) is 2.21. The zero-order valence-corrected chi connectivity index (χ0v) is 7.09. The van der Waals surface area contributed by atoms with E-state index in [0.29, 0.717) is 6.61 Å². The summed E-state index contributed by atoms with van der Waals surface area (Å²) in [6.45, 7) is 5.50. The summed E-state index contributed by atoms with van der Waals surface area (Å²) in [7, 11) is 1.72. The number of ether oxygens (including phenoxy) is 2. The first-order chi connectivity index (χ1) is 4.85. The molecule has 61 valence electrons. The Morgan fingerprint density at radius 1 is 1.50 bits per heavy atom. The van der Waals surface area contributed by atoms with Gasteiger partial charge in [-0.2, -0.15) is 0 Å². The van der Waals surface area contributed by atoms with Gasteiger partial charge in [0, 0.05) is 13.7 Å². The molecule has 0 spiro atoms. The number of methoxy groups -OCH3 is 1. The summed E-state index contributed by atoms with van der Waals surface area (Å²) in [5.74, 6) is 0. The molecule has 0 N–H and O–H groups in total. The van der Waals surface area contributed by atoms with Gasteiger partial charge in [-0.15, -0.1) is 0 Å². The molecule has 0 aromatic carbocycles. The molecule has 0 aromatic rings. The van der Waals surface area contributed by atoms with Gasteiger partial charge >= 0.3 is 0 Å². The van der Waals surface area contributed by atoms with E-state index in [1.54, 1.807) is 7.11 Å². The molecule has 1 unspecified atom stereocenters. The Kier molecular flexibility index (Phi) is 6.98. The van der Waals surface area contributed by atoms with E-state index in [9.17, 15) is 0 Å². The van der Waals surface area contributed by atoms with Crippen LogP contribution < -0.4 is 0 Å². The smallest absolute Gasteiger partial charge is 0.0802 e. The lowest BCUT2D eigenvalue weighted by Crippen LogP contribution is -2.17. The predicted octanol–water partition coefficient (Wildman–Crippen LogP) is 1.65. The van der Waals surface area contributed by atoms with Crippen LogP contribution >= 0.6 is 0 Å². The molecule has 0 fully saturated rings. The van der Waals surface area contributed by atoms with Crippen LogP contribution in [0.25, 0.3) is 0 Å². The van der Waals surface area contributed by atoms with Crippen molar-refractivity contribution >= 4 is 0 Å². The molecule has 0 aliphatic rings. The average molecular weight is 145 g/mol. The summed E-state index contributed by atoms with van der Waals surface area (Å²) < 4.78 is 10.4. The van der Waals surface area contributed by atoms with E-state index < -0.39 is 0 Å². The minimum Gasteiger partial charge on any atom is -0.379 e. The maximum atomic E-state index is 5.25. The highest BCUT2D eigenvalue weighted by Crippen LogP contribution is 1.96. The lowest BCUT2D eigenvalue weighted by Gasteiger charge is -2.12. The van der Waals surface area contributed by atoms with E-state index >= 15 is 0 Å². The van der Waals surface area contributed by atoms with E-state index in [1.807, 2.05) is 13.3 Å². The molecule has 0 saturated carbocycles. The maximum absolute atomic E-state index is 5.25. The van der Waals surface area contributed by atoms with E-state index in [1.165, 1.54) is 0 Å². The topological polar surface area (TPSA) is 18.5 Å². The Balaban J connectivity index is 3.09. The van der Waals surface area contributed by atoms with Crippen molar-refractivity contribution in [2.24, 2.45) is 0 Å². The quantitative estimate of drug-likeness (QED) is 0.529. The fourth-order valence-corrected chi connectivity index (χ4v) is 0.670. The lowest BCUT2D eigenvalue weighted by molar-refractivity contribution is 0.0133. The molecule has 2 nitrogen and oxygen atoms in total. The highest BCUT2D eigenvalue weighted by Gasteiger charge is 2.01. The number of rotatable bonds is 6. The van der Waals surface area contributed by atoms with Gasteiger partial charge in [-0.25, -0.2) is 0 Å². The van der Waals surface area contributed by atoms with E-state index in [-0.39, 0.29) is 6.10 Å². The molecule has 0 aromatic heterocycles. The molecule has 1 atom stereocenters. The van der Waals surface area contributed by atoms with Crippen LogP contribution in [0.15, 0.2) is 0 Å². The van der Waals surface area contributed by atoms with Gasteiger partial charge in [0.25, 0.3) is 0 Å². The van der Waals surface area contributed by atoms with Crippen molar-refractivity contribution in [1.82, 2.24) is 0 Å². The van der Waals surface area contributed by atoms with Crippen LogP contribution in [0.5, 0.6) is 0 Å². The molecule has 0 saturated heterocycles. The van der Waals surface area contributed by atoms with Crippen LogP contribution in [-0.2, 0) is 9.47 Å². The molecule has 0 rings (SSSR count). The van der Waals surface area contributed by atoms with Gasteiger partial charge in [0.05, 0.1) is 12.7 Å². The summed E-state index contributed by atoms with van der Waals surface area (Å²) in [5.41, 5.74) is 0. The lowest BCUT2D eigenvalue weighted by atomic mass is 10.3. The highest BCUT2D eigenvalue weighted by atomic mass is 16.5. The summed E-state index contributed by atoms with van der Waals surface area (Å²) in [6, 6.07) is 0. The van der Waals surface area contributed by atoms with Crippen molar-refractivity contribution < 1.29 is 9.47 Å². The first-order valence-electron chi connectivity index (χ1n) is 3.73. The van der Waals surface area contributed by atoms with Gasteiger partial charge in [0.15, 0.2) is 0 Å². The molecule has 0 bridgehead atoms. The molecule has 0 amide bonds. The van der Waals surface area contributed by atoms with Gasteiger partial charge in [-0.05, 0) is 12.8 Å². The molecular formula is C8H17O2. The Labute approximate surface area is 63.5 Å². The second kappa shape index (κ2) is 7.03. The van der Waals surface area contributed by atoms with Crippen molar-refractivity contribution in [1.29, 1.82) is 0 Å². The van der Waals surface area contributed by atoms with Crippen molar-refractivity contribution in [3.05, 3.63) is 6.42 Å². The molecule has 0 heterocycles. The third-order valence-corrected chi connectivity index (χ3v) is 1.38. The SMILES string of the molecule is C[CH]COCC(CC)OC. The standard InChI is InChI=1S/C8H17O2/c1-4-6-10-7-8(5-2)9-3/h4,8H,5-7H2,1-3H3. The van der Waals surface area contributed by atoms with Crippen molar-refractivity contribution in [2.45, 2.75) is 26.4 Å². The number of hydrogen-bond acceptors (Lipinski definition) is 2. The number of hydrogen-bond donors (Lipinski definition) is 0. The van der Waals surface area contributed by atoms with Gasteiger partial charge in [0.2, 0.25) is 0 Å². The minimum atomic E-state index is 0.264. The van der Waals surface area contributed by atoms with Crippen molar-refractivity contribution in [3.8, 4) is 0 Å². The van der Waals surface area contributed by atoms with Crippen LogP contribution in [0.4, 0.5) is 0 Å². The molecule has 0 aliphatic heterocycles. The molecular weight excluding hydrogens is 128 g/mol. The van der Waals surface area contributed by atoms with Crippen LogP contribution in [0.1, 0.15) is 20.3 Å². The van der Waals surface area contributed by atoms with Crippen LogP contribution in [-0.4, -0.2) is 26.4 Å². The largest absolute Gasteiger partial charge is 0.379 e. The van der Waals surface area contributed by atoms with Crippen molar-refractivity contribution in [3.63, 3.8) is 0 Å². The zero-order chi connectivity index (χ0) is 7.82. The van der Waals surface area contributed by atoms with E-state index in [0.717, 1.165) is 13.0 Å². The third-order valence-electron chi connectivity index (χ3n) is 1.38. The predicted molar refractivity (Wildman–Crippen MR) is 41.9 cm³/mol. The summed E-state index contributed by atoms with van der Waals surface area (Å²) in [6.07, 6.45) is 3.27. The highest BCUT2D eigenvalue weighted by molar-refractivity contribution is 4.55.